The summed E-state index contributed by atoms with van der Waals surface area (Å²) in [7, 11) is 0. The highest BCUT2D eigenvalue weighted by Gasteiger charge is 2.34. The number of hydrogen-bond donors (Lipinski definition) is 1. The van der Waals surface area contributed by atoms with Crippen molar-refractivity contribution in [3.63, 3.8) is 0 Å². The van der Waals surface area contributed by atoms with Gasteiger partial charge in [0.15, 0.2) is 0 Å². The lowest BCUT2D eigenvalue weighted by Crippen LogP contribution is -2.53. The van der Waals surface area contributed by atoms with Crippen molar-refractivity contribution in [3.8, 4) is 0 Å². The molecule has 1 aliphatic rings. The monoisotopic (exact) mass is 242 g/mol. The van der Waals surface area contributed by atoms with Gasteiger partial charge in [0, 0.05) is 6.54 Å². The normalized spacial score (nSPS) is 22.1. The molecule has 0 radical (unpaired) electrons. The highest BCUT2D eigenvalue weighted by atomic mass is 16.5. The first-order chi connectivity index (χ1) is 8.11. The standard InChI is InChI=1S/C12H22N2O3/c1-3-9(13)11(15)14-8-6-5-7-10(14)12(16)17-4-2/h9-10H,3-8,13H2,1-2H3. The Morgan fingerprint density at radius 2 is 2.12 bits per heavy atom. The first-order valence-electron chi connectivity index (χ1n) is 6.34. The van der Waals surface area contributed by atoms with E-state index in [0.29, 0.717) is 26.0 Å². The van der Waals surface area contributed by atoms with Crippen molar-refractivity contribution in [3.05, 3.63) is 0 Å². The first-order valence-corrected chi connectivity index (χ1v) is 6.34. The minimum Gasteiger partial charge on any atom is -0.464 e. The van der Waals surface area contributed by atoms with Gasteiger partial charge in [0.1, 0.15) is 6.04 Å². The van der Waals surface area contributed by atoms with Crippen LogP contribution in [0, 0.1) is 0 Å². The zero-order valence-electron chi connectivity index (χ0n) is 10.6. The molecule has 0 aromatic rings. The van der Waals surface area contributed by atoms with Crippen molar-refractivity contribution in [2.45, 2.75) is 51.6 Å². The average molecular weight is 242 g/mol. The van der Waals surface area contributed by atoms with Gasteiger partial charge in [-0.1, -0.05) is 6.92 Å². The predicted molar refractivity (Wildman–Crippen MR) is 64.3 cm³/mol. The average Bonchev–Trinajstić information content (AvgIpc) is 2.37. The number of rotatable bonds is 4. The fourth-order valence-electron chi connectivity index (χ4n) is 2.07. The maximum Gasteiger partial charge on any atom is 0.328 e. The molecule has 2 atom stereocenters. The van der Waals surface area contributed by atoms with E-state index in [1.807, 2.05) is 6.92 Å². The summed E-state index contributed by atoms with van der Waals surface area (Å²) >= 11 is 0. The molecule has 0 aromatic heterocycles. The SMILES string of the molecule is CCOC(=O)C1CCCCN1C(=O)C(N)CC. The number of hydrogen-bond acceptors (Lipinski definition) is 4. The van der Waals surface area contributed by atoms with E-state index in [-0.39, 0.29) is 11.9 Å². The van der Waals surface area contributed by atoms with Crippen LogP contribution in [0.25, 0.3) is 0 Å². The molecule has 1 saturated heterocycles. The third-order valence-corrected chi connectivity index (χ3v) is 3.10. The number of likely N-dealkylation sites (tertiary alicyclic amines) is 1. The Morgan fingerprint density at radius 1 is 1.41 bits per heavy atom. The van der Waals surface area contributed by atoms with Gasteiger partial charge in [0.2, 0.25) is 5.91 Å². The quantitative estimate of drug-likeness (QED) is 0.735. The fourth-order valence-corrected chi connectivity index (χ4v) is 2.07. The molecule has 0 aliphatic carbocycles. The minimum absolute atomic E-state index is 0.134. The molecule has 0 saturated carbocycles. The molecule has 1 heterocycles. The fraction of sp³-hybridized carbons (Fsp3) is 0.833. The molecule has 1 fully saturated rings. The maximum atomic E-state index is 12.0. The van der Waals surface area contributed by atoms with Crippen LogP contribution in [0.5, 0.6) is 0 Å². The van der Waals surface area contributed by atoms with Crippen LogP contribution in [0.3, 0.4) is 0 Å². The molecule has 0 bridgehead atoms. The molecular weight excluding hydrogens is 220 g/mol. The lowest BCUT2D eigenvalue weighted by Gasteiger charge is -2.35. The summed E-state index contributed by atoms with van der Waals surface area (Å²) in [6.07, 6.45) is 3.15. The van der Waals surface area contributed by atoms with E-state index in [4.69, 9.17) is 10.5 Å². The van der Waals surface area contributed by atoms with Crippen molar-refractivity contribution in [1.29, 1.82) is 0 Å². The summed E-state index contributed by atoms with van der Waals surface area (Å²) in [5, 5.41) is 0. The second-order valence-electron chi connectivity index (χ2n) is 4.31. The summed E-state index contributed by atoms with van der Waals surface area (Å²) in [5.74, 6) is -0.436. The van der Waals surface area contributed by atoms with E-state index in [2.05, 4.69) is 0 Å². The Balaban J connectivity index is 2.71. The Morgan fingerprint density at radius 3 is 2.71 bits per heavy atom. The molecule has 5 nitrogen and oxygen atoms in total. The van der Waals surface area contributed by atoms with Crippen molar-refractivity contribution in [1.82, 2.24) is 4.90 Å². The zero-order chi connectivity index (χ0) is 12.8. The number of ether oxygens (including phenoxy) is 1. The Labute approximate surface area is 102 Å². The van der Waals surface area contributed by atoms with E-state index in [1.165, 1.54) is 0 Å². The molecule has 2 N–H and O–H groups in total. The van der Waals surface area contributed by atoms with Crippen LogP contribution in [0.1, 0.15) is 39.5 Å². The number of esters is 1. The van der Waals surface area contributed by atoms with Crippen molar-refractivity contribution in [2.75, 3.05) is 13.2 Å². The Kier molecular flexibility index (Phi) is 5.41. The largest absolute Gasteiger partial charge is 0.464 e. The van der Waals surface area contributed by atoms with Crippen molar-refractivity contribution < 1.29 is 14.3 Å². The van der Waals surface area contributed by atoms with Crippen LogP contribution >= 0.6 is 0 Å². The van der Waals surface area contributed by atoms with Gasteiger partial charge < -0.3 is 15.4 Å². The topological polar surface area (TPSA) is 72.6 Å². The minimum atomic E-state index is -0.509. The molecule has 1 amide bonds. The van der Waals surface area contributed by atoms with Gasteiger partial charge in [-0.2, -0.15) is 0 Å². The molecule has 17 heavy (non-hydrogen) atoms. The highest BCUT2D eigenvalue weighted by molar-refractivity contribution is 5.87. The number of amides is 1. The summed E-state index contributed by atoms with van der Waals surface area (Å²) < 4.78 is 5.00. The van der Waals surface area contributed by atoms with E-state index in [0.717, 1.165) is 12.8 Å². The number of nitrogens with two attached hydrogens (primary N) is 1. The number of carbonyl (C=O) groups is 2. The smallest absolute Gasteiger partial charge is 0.328 e. The Bertz CT molecular complexity index is 281. The van der Waals surface area contributed by atoms with Crippen LogP contribution < -0.4 is 5.73 Å². The molecule has 1 rings (SSSR count). The molecular formula is C12H22N2O3. The van der Waals surface area contributed by atoms with Crippen LogP contribution in [-0.2, 0) is 14.3 Å². The van der Waals surface area contributed by atoms with Crippen LogP contribution in [0.4, 0.5) is 0 Å². The molecule has 5 heteroatoms. The van der Waals surface area contributed by atoms with Gasteiger partial charge in [-0.05, 0) is 32.6 Å². The van der Waals surface area contributed by atoms with Gasteiger partial charge in [-0.15, -0.1) is 0 Å². The highest BCUT2D eigenvalue weighted by Crippen LogP contribution is 2.19. The summed E-state index contributed by atoms with van der Waals surface area (Å²) in [4.78, 5) is 25.4. The Hall–Kier alpha value is -1.10. The lowest BCUT2D eigenvalue weighted by atomic mass is 10.0. The third kappa shape index (κ3) is 3.43. The summed E-state index contributed by atoms with van der Waals surface area (Å²) in [5.41, 5.74) is 5.74. The number of carbonyl (C=O) groups excluding carboxylic acids is 2. The zero-order valence-corrected chi connectivity index (χ0v) is 10.6. The molecule has 98 valence electrons. The summed E-state index contributed by atoms with van der Waals surface area (Å²) in [6, 6.07) is -0.946. The molecule has 1 aliphatic heterocycles. The van der Waals surface area contributed by atoms with Crippen molar-refractivity contribution in [2.24, 2.45) is 5.73 Å². The number of piperidine rings is 1. The summed E-state index contributed by atoms with van der Waals surface area (Å²) in [6.45, 7) is 4.59. The van der Waals surface area contributed by atoms with Gasteiger partial charge in [-0.25, -0.2) is 4.79 Å². The van der Waals surface area contributed by atoms with Gasteiger partial charge in [-0.3, -0.25) is 4.79 Å². The second-order valence-corrected chi connectivity index (χ2v) is 4.31. The molecule has 0 spiro atoms. The van der Waals surface area contributed by atoms with Crippen molar-refractivity contribution >= 4 is 11.9 Å². The predicted octanol–water partition coefficient (Wildman–Crippen LogP) is 0.668. The van der Waals surface area contributed by atoms with Gasteiger partial charge in [0.25, 0.3) is 0 Å². The molecule has 2 unspecified atom stereocenters. The first kappa shape index (κ1) is 14.0. The second kappa shape index (κ2) is 6.59. The molecule has 0 aromatic carbocycles. The number of nitrogens with zero attached hydrogens (tertiary/aromatic N) is 1. The van der Waals surface area contributed by atoms with Crippen LogP contribution in [0.15, 0.2) is 0 Å². The van der Waals surface area contributed by atoms with Gasteiger partial charge >= 0.3 is 5.97 Å². The maximum absolute atomic E-state index is 12.0. The van der Waals surface area contributed by atoms with Gasteiger partial charge in [0.05, 0.1) is 12.6 Å². The van der Waals surface area contributed by atoms with Crippen LogP contribution in [0.2, 0.25) is 0 Å². The third-order valence-electron chi connectivity index (χ3n) is 3.10. The van der Waals surface area contributed by atoms with E-state index in [9.17, 15) is 9.59 Å². The van der Waals surface area contributed by atoms with E-state index in [1.54, 1.807) is 11.8 Å². The van der Waals surface area contributed by atoms with Crippen LogP contribution in [-0.4, -0.2) is 42.0 Å². The van der Waals surface area contributed by atoms with E-state index < -0.39 is 12.1 Å². The van der Waals surface area contributed by atoms with E-state index >= 15 is 0 Å². The lowest BCUT2D eigenvalue weighted by molar-refractivity contribution is -0.157.